The number of allylic oxidation sites excluding steroid dienone is 2. The zero-order chi connectivity index (χ0) is 19.9. The average Bonchev–Trinajstić information content (AvgIpc) is 2.72. The van der Waals surface area contributed by atoms with Crippen LogP contribution in [0.2, 0.25) is 0 Å². The number of benzene rings is 3. The highest BCUT2D eigenvalue weighted by Gasteiger charge is 2.02. The van der Waals surface area contributed by atoms with Crippen molar-refractivity contribution in [2.24, 2.45) is 0 Å². The van der Waals surface area contributed by atoms with Gasteiger partial charge < -0.3 is 10.2 Å². The van der Waals surface area contributed by atoms with Gasteiger partial charge in [-0.25, -0.2) is 0 Å². The van der Waals surface area contributed by atoms with Gasteiger partial charge in [-0.1, -0.05) is 36.4 Å². The van der Waals surface area contributed by atoms with Crippen molar-refractivity contribution < 1.29 is 19.8 Å². The van der Waals surface area contributed by atoms with E-state index in [1.54, 1.807) is 36.4 Å². The van der Waals surface area contributed by atoms with E-state index in [-0.39, 0.29) is 23.1 Å². The van der Waals surface area contributed by atoms with E-state index in [2.05, 4.69) is 0 Å². The smallest absolute Gasteiger partial charge is 0.185 e. The first-order chi connectivity index (χ1) is 13.5. The number of hydrogen-bond donors (Lipinski definition) is 2. The van der Waals surface area contributed by atoms with Gasteiger partial charge in [-0.2, -0.15) is 0 Å². The zero-order valence-corrected chi connectivity index (χ0v) is 14.9. The molecule has 0 amide bonds. The molecular formula is C24H18O4. The number of ketones is 2. The Bertz CT molecular complexity index is 939. The van der Waals surface area contributed by atoms with Crippen LogP contribution in [-0.4, -0.2) is 21.8 Å². The van der Waals surface area contributed by atoms with Crippen LogP contribution in [0.5, 0.6) is 11.5 Å². The molecule has 0 saturated heterocycles. The molecular weight excluding hydrogens is 352 g/mol. The summed E-state index contributed by atoms with van der Waals surface area (Å²) in [6, 6.07) is 19.6. The van der Waals surface area contributed by atoms with Crippen LogP contribution in [0.1, 0.15) is 31.8 Å². The lowest BCUT2D eigenvalue weighted by atomic mass is 10.1. The maximum Gasteiger partial charge on any atom is 0.185 e. The van der Waals surface area contributed by atoms with Gasteiger partial charge in [0.15, 0.2) is 11.6 Å². The maximum absolute atomic E-state index is 12.1. The van der Waals surface area contributed by atoms with Gasteiger partial charge in [0.25, 0.3) is 0 Å². The molecule has 0 unspecified atom stereocenters. The van der Waals surface area contributed by atoms with Gasteiger partial charge in [0.05, 0.1) is 0 Å². The van der Waals surface area contributed by atoms with E-state index in [1.807, 2.05) is 24.3 Å². The van der Waals surface area contributed by atoms with E-state index < -0.39 is 0 Å². The van der Waals surface area contributed by atoms with Crippen molar-refractivity contribution in [3.8, 4) is 11.5 Å². The largest absolute Gasteiger partial charge is 0.508 e. The highest BCUT2D eigenvalue weighted by molar-refractivity contribution is 6.07. The monoisotopic (exact) mass is 370 g/mol. The summed E-state index contributed by atoms with van der Waals surface area (Å²) in [5, 5.41) is 18.5. The summed E-state index contributed by atoms with van der Waals surface area (Å²) in [5.41, 5.74) is 2.71. The molecule has 0 bridgehead atoms. The molecule has 0 atom stereocenters. The second-order valence-corrected chi connectivity index (χ2v) is 6.16. The van der Waals surface area contributed by atoms with Crippen molar-refractivity contribution in [2.45, 2.75) is 0 Å². The Hall–Kier alpha value is -3.92. The van der Waals surface area contributed by atoms with Crippen LogP contribution >= 0.6 is 0 Å². The Labute approximate surface area is 162 Å². The Balaban J connectivity index is 1.62. The van der Waals surface area contributed by atoms with E-state index in [4.69, 9.17) is 0 Å². The standard InChI is InChI=1S/C24H18O4/c25-21-11-7-19(8-12-21)23(27)15-5-17-1-2-18(4-3-17)6-16-24(28)20-9-13-22(26)14-10-20/h1-16,25-26H/b15-5+,16-6+. The van der Waals surface area contributed by atoms with Crippen molar-refractivity contribution in [2.75, 3.05) is 0 Å². The molecule has 138 valence electrons. The van der Waals surface area contributed by atoms with Crippen molar-refractivity contribution in [3.05, 3.63) is 107 Å². The summed E-state index contributed by atoms with van der Waals surface area (Å²) in [4.78, 5) is 24.2. The van der Waals surface area contributed by atoms with Gasteiger partial charge in [0.2, 0.25) is 0 Å². The van der Waals surface area contributed by atoms with Gasteiger partial charge in [0.1, 0.15) is 11.5 Å². The first kappa shape index (κ1) is 18.9. The first-order valence-corrected chi connectivity index (χ1v) is 8.64. The summed E-state index contributed by atoms with van der Waals surface area (Å²) < 4.78 is 0. The average molecular weight is 370 g/mol. The van der Waals surface area contributed by atoms with Crippen molar-refractivity contribution in [1.29, 1.82) is 0 Å². The molecule has 0 aliphatic carbocycles. The van der Waals surface area contributed by atoms with Crippen LogP contribution in [0.15, 0.2) is 84.9 Å². The number of rotatable bonds is 6. The predicted molar refractivity (Wildman–Crippen MR) is 109 cm³/mol. The fourth-order valence-electron chi connectivity index (χ4n) is 2.51. The Morgan fingerprint density at radius 1 is 0.536 bits per heavy atom. The topological polar surface area (TPSA) is 74.6 Å². The molecule has 0 fully saturated rings. The molecule has 0 radical (unpaired) electrons. The molecule has 4 nitrogen and oxygen atoms in total. The summed E-state index contributed by atoms with van der Waals surface area (Å²) in [6.45, 7) is 0. The van der Waals surface area contributed by atoms with E-state index in [0.717, 1.165) is 11.1 Å². The Kier molecular flexibility index (Phi) is 5.82. The molecule has 3 rings (SSSR count). The molecule has 0 aromatic heterocycles. The summed E-state index contributed by atoms with van der Waals surface area (Å²) in [5.74, 6) is -0.0620. The van der Waals surface area contributed by atoms with Gasteiger partial charge in [-0.15, -0.1) is 0 Å². The summed E-state index contributed by atoms with van der Waals surface area (Å²) >= 11 is 0. The lowest BCUT2D eigenvalue weighted by Gasteiger charge is -1.98. The normalized spacial score (nSPS) is 11.1. The van der Waals surface area contributed by atoms with Crippen LogP contribution in [0, 0.1) is 0 Å². The van der Waals surface area contributed by atoms with Crippen LogP contribution in [0.25, 0.3) is 12.2 Å². The van der Waals surface area contributed by atoms with E-state index >= 15 is 0 Å². The fourth-order valence-corrected chi connectivity index (χ4v) is 2.51. The SMILES string of the molecule is O=C(/C=C/c1ccc(/C=C/C(=O)c2ccc(O)cc2)cc1)c1ccc(O)cc1. The van der Waals surface area contributed by atoms with Gasteiger partial charge in [0, 0.05) is 11.1 Å². The summed E-state index contributed by atoms with van der Waals surface area (Å²) in [7, 11) is 0. The minimum Gasteiger partial charge on any atom is -0.508 e. The van der Waals surface area contributed by atoms with Crippen molar-refractivity contribution >= 4 is 23.7 Å². The third kappa shape index (κ3) is 5.05. The number of phenols is 2. The molecule has 0 heterocycles. The molecule has 0 aliphatic heterocycles. The van der Waals surface area contributed by atoms with Crippen LogP contribution in [0.4, 0.5) is 0 Å². The molecule has 0 saturated carbocycles. The van der Waals surface area contributed by atoms with Gasteiger partial charge >= 0.3 is 0 Å². The number of carbonyl (C=O) groups is 2. The predicted octanol–water partition coefficient (Wildman–Crippen LogP) is 4.89. The van der Waals surface area contributed by atoms with E-state index in [0.29, 0.717) is 11.1 Å². The highest BCUT2D eigenvalue weighted by Crippen LogP contribution is 2.14. The van der Waals surface area contributed by atoms with Gasteiger partial charge in [-0.05, 0) is 71.8 Å². The fraction of sp³-hybridized carbons (Fsp3) is 0. The van der Waals surface area contributed by atoms with Gasteiger partial charge in [-0.3, -0.25) is 9.59 Å². The third-order valence-electron chi connectivity index (χ3n) is 4.09. The second-order valence-electron chi connectivity index (χ2n) is 6.16. The van der Waals surface area contributed by atoms with E-state index in [9.17, 15) is 19.8 Å². The number of carbonyl (C=O) groups excluding carboxylic acids is 2. The maximum atomic E-state index is 12.1. The number of hydrogen-bond acceptors (Lipinski definition) is 4. The molecule has 3 aromatic rings. The van der Waals surface area contributed by atoms with Crippen molar-refractivity contribution in [3.63, 3.8) is 0 Å². The molecule has 28 heavy (non-hydrogen) atoms. The minimum absolute atomic E-state index is 0.119. The number of aromatic hydroxyl groups is 2. The van der Waals surface area contributed by atoms with Crippen LogP contribution in [-0.2, 0) is 0 Å². The molecule has 0 aliphatic rings. The quantitative estimate of drug-likeness (QED) is 0.478. The lowest BCUT2D eigenvalue weighted by molar-refractivity contribution is 0.103. The Morgan fingerprint density at radius 2 is 0.857 bits per heavy atom. The van der Waals surface area contributed by atoms with Crippen LogP contribution in [0.3, 0.4) is 0 Å². The third-order valence-corrected chi connectivity index (χ3v) is 4.09. The Morgan fingerprint density at radius 3 is 1.18 bits per heavy atom. The van der Waals surface area contributed by atoms with Crippen molar-refractivity contribution in [1.82, 2.24) is 0 Å². The molecule has 0 spiro atoms. The molecule has 3 aromatic carbocycles. The van der Waals surface area contributed by atoms with E-state index in [1.165, 1.54) is 36.4 Å². The van der Waals surface area contributed by atoms with Crippen LogP contribution < -0.4 is 0 Å². The highest BCUT2D eigenvalue weighted by atomic mass is 16.3. The molecule has 2 N–H and O–H groups in total. The molecule has 4 heteroatoms. The first-order valence-electron chi connectivity index (χ1n) is 8.64. The number of phenolic OH excluding ortho intramolecular Hbond substituents is 2. The lowest BCUT2D eigenvalue weighted by Crippen LogP contribution is -1.93. The second kappa shape index (κ2) is 8.64. The zero-order valence-electron chi connectivity index (χ0n) is 14.9. The minimum atomic E-state index is -0.150. The summed E-state index contributed by atoms with van der Waals surface area (Å²) in [6.07, 6.45) is 6.38.